The highest BCUT2D eigenvalue weighted by Gasteiger charge is 2.50. The molecule has 3 atom stereocenters. The predicted octanol–water partition coefficient (Wildman–Crippen LogP) is 6.85. The molecule has 9 rings (SSSR count). The molecule has 2 aromatic carbocycles. The number of likely N-dealkylation sites (tertiary alicyclic amines) is 1. The Kier molecular flexibility index (Phi) is 8.64. The van der Waals surface area contributed by atoms with Gasteiger partial charge in [0.15, 0.2) is 5.82 Å². The SMILES string of the molecule is N#Cc1c(N)sc2c(F)ccc(-c3c(Cl)cc4c(N5CCCCC6(CN(C(=O)CC7CCO7)C6)C5)nc(OC[C@@]56CCCN5C[C@H](F)C6)nc4c3F)c12. The number of hydrogen-bond acceptors (Lipinski definition) is 10. The van der Waals surface area contributed by atoms with Gasteiger partial charge in [-0.05, 0) is 56.3 Å². The molecule has 2 aromatic heterocycles. The molecule has 0 radical (unpaired) electrons. The van der Waals surface area contributed by atoms with Gasteiger partial charge in [-0.2, -0.15) is 15.2 Å². The molecule has 1 spiro atoms. The average molecular weight is 766 g/mol. The third-order valence-electron chi connectivity index (χ3n) is 12.1. The van der Waals surface area contributed by atoms with Crippen LogP contribution in [0.25, 0.3) is 32.1 Å². The molecule has 10 nitrogen and oxygen atoms in total. The summed E-state index contributed by atoms with van der Waals surface area (Å²) in [6, 6.07) is 6.25. The molecule has 53 heavy (non-hydrogen) atoms. The third kappa shape index (κ3) is 5.86. The quantitative estimate of drug-likeness (QED) is 0.215. The van der Waals surface area contributed by atoms with Crippen LogP contribution >= 0.6 is 22.9 Å². The van der Waals surface area contributed by atoms with Gasteiger partial charge in [-0.1, -0.05) is 24.1 Å². The number of carbonyl (C=O) groups is 1. The Bertz CT molecular complexity index is 2190. The highest BCUT2D eigenvalue weighted by molar-refractivity contribution is 7.23. The highest BCUT2D eigenvalue weighted by Crippen LogP contribution is 2.47. The minimum Gasteiger partial charge on any atom is -0.461 e. The average Bonchev–Trinajstić information content (AvgIpc) is 3.68. The number of halogens is 4. The lowest BCUT2D eigenvalue weighted by molar-refractivity contribution is -0.150. The lowest BCUT2D eigenvalue weighted by atomic mass is 9.75. The number of fused-ring (bicyclic) bond motifs is 3. The van der Waals surface area contributed by atoms with Gasteiger partial charge in [0.2, 0.25) is 5.91 Å². The number of amides is 1. The number of ether oxygens (including phenoxy) is 2. The molecule has 5 aliphatic rings. The van der Waals surface area contributed by atoms with E-state index in [1.165, 1.54) is 12.1 Å². The monoisotopic (exact) mass is 765 g/mol. The number of benzene rings is 2. The summed E-state index contributed by atoms with van der Waals surface area (Å²) in [5.74, 6) is -0.782. The van der Waals surface area contributed by atoms with Gasteiger partial charge < -0.3 is 25.0 Å². The first-order valence-corrected chi connectivity index (χ1v) is 19.5. The van der Waals surface area contributed by atoms with Crippen molar-refractivity contribution in [2.75, 3.05) is 63.1 Å². The van der Waals surface area contributed by atoms with Crippen LogP contribution in [0.4, 0.5) is 24.0 Å². The number of nitrogen functional groups attached to an aromatic ring is 1. The molecule has 1 amide bonds. The van der Waals surface area contributed by atoms with Crippen LogP contribution in [0.15, 0.2) is 18.2 Å². The van der Waals surface area contributed by atoms with Gasteiger partial charge in [0, 0.05) is 67.5 Å². The van der Waals surface area contributed by atoms with Crippen molar-refractivity contribution in [1.29, 1.82) is 5.26 Å². The molecule has 2 N–H and O–H groups in total. The molecule has 1 unspecified atom stereocenters. The molecular formula is C38H39ClF3N7O3S. The molecule has 4 aromatic rings. The standard InChI is InChI=1S/C38H39ClF3N7O3S/c39-26-13-24-32(31(42)30(26)23-4-5-27(41)33-29(23)25(15-43)34(44)53-33)45-36(52-20-38-8-3-10-49(38)16-21(40)14-38)46-35(24)47-9-2-1-7-37(17-47)18-48(19-37)28(50)12-22-6-11-51-22/h4-5,13,21-22H,1-3,6-12,14,16-20,44H2/t21-,22?,38+/m1/s1. The van der Waals surface area contributed by atoms with Crippen molar-refractivity contribution in [3.8, 4) is 23.2 Å². The lowest BCUT2D eigenvalue weighted by Crippen LogP contribution is -2.62. The maximum Gasteiger partial charge on any atom is 0.319 e. The summed E-state index contributed by atoms with van der Waals surface area (Å²) in [5, 5.41) is 10.7. The van der Waals surface area contributed by atoms with Crippen LogP contribution in [0.2, 0.25) is 5.02 Å². The number of nitrogens with zero attached hydrogens (tertiary/aromatic N) is 6. The summed E-state index contributed by atoms with van der Waals surface area (Å²) in [4.78, 5) is 28.7. The van der Waals surface area contributed by atoms with E-state index in [1.807, 2.05) is 11.0 Å². The highest BCUT2D eigenvalue weighted by atomic mass is 35.5. The van der Waals surface area contributed by atoms with Crippen molar-refractivity contribution in [1.82, 2.24) is 19.8 Å². The molecule has 5 saturated heterocycles. The fourth-order valence-corrected chi connectivity index (χ4v) is 10.6. The molecule has 7 heterocycles. The second-order valence-electron chi connectivity index (χ2n) is 15.5. The van der Waals surface area contributed by atoms with Crippen molar-refractivity contribution in [3.63, 3.8) is 0 Å². The van der Waals surface area contributed by atoms with E-state index in [4.69, 9.17) is 31.8 Å². The Labute approximate surface area is 313 Å². The van der Waals surface area contributed by atoms with Crippen LogP contribution in [0.3, 0.4) is 0 Å². The molecule has 5 aliphatic heterocycles. The van der Waals surface area contributed by atoms with Crippen LogP contribution in [-0.4, -0.2) is 96.0 Å². The van der Waals surface area contributed by atoms with Crippen molar-refractivity contribution in [2.24, 2.45) is 5.41 Å². The number of nitrogens with two attached hydrogens (primary N) is 1. The van der Waals surface area contributed by atoms with Crippen molar-refractivity contribution < 1.29 is 27.4 Å². The zero-order chi connectivity index (χ0) is 36.6. The molecule has 0 aliphatic carbocycles. The topological polar surface area (TPSA) is 121 Å². The summed E-state index contributed by atoms with van der Waals surface area (Å²) in [5.41, 5.74) is 5.66. The maximum absolute atomic E-state index is 17.2. The second-order valence-corrected chi connectivity index (χ2v) is 17.0. The molecule has 0 saturated carbocycles. The Morgan fingerprint density at radius 3 is 2.77 bits per heavy atom. The number of thiophene rings is 1. The van der Waals surface area contributed by atoms with Crippen LogP contribution < -0.4 is 15.4 Å². The lowest BCUT2D eigenvalue weighted by Gasteiger charge is -2.52. The van der Waals surface area contributed by atoms with E-state index in [2.05, 4.69) is 14.8 Å². The summed E-state index contributed by atoms with van der Waals surface area (Å²) >= 11 is 7.87. The summed E-state index contributed by atoms with van der Waals surface area (Å²) in [6.45, 7) is 4.47. The van der Waals surface area contributed by atoms with Crippen molar-refractivity contribution in [2.45, 2.75) is 69.2 Å². The summed E-state index contributed by atoms with van der Waals surface area (Å²) in [6.07, 6.45) is 5.19. The van der Waals surface area contributed by atoms with Gasteiger partial charge in [0.25, 0.3) is 0 Å². The molecule has 0 bridgehead atoms. The first-order valence-electron chi connectivity index (χ1n) is 18.3. The van der Waals surface area contributed by atoms with E-state index in [0.29, 0.717) is 63.4 Å². The predicted molar refractivity (Wildman–Crippen MR) is 197 cm³/mol. The summed E-state index contributed by atoms with van der Waals surface area (Å²) < 4.78 is 58.9. The fraction of sp³-hybridized carbons (Fsp3) is 0.526. The van der Waals surface area contributed by atoms with Gasteiger partial charge in [-0.25, -0.2) is 13.2 Å². The fourth-order valence-electron chi connectivity index (χ4n) is 9.38. The smallest absolute Gasteiger partial charge is 0.319 e. The van der Waals surface area contributed by atoms with Gasteiger partial charge >= 0.3 is 6.01 Å². The number of nitriles is 1. The van der Waals surface area contributed by atoms with E-state index in [1.54, 1.807) is 6.07 Å². The largest absolute Gasteiger partial charge is 0.461 e. The van der Waals surface area contributed by atoms with E-state index < -0.39 is 23.3 Å². The first kappa shape index (κ1) is 34.8. The van der Waals surface area contributed by atoms with Gasteiger partial charge in [-0.3, -0.25) is 9.69 Å². The van der Waals surface area contributed by atoms with Crippen molar-refractivity contribution >= 4 is 60.7 Å². The maximum atomic E-state index is 17.2. The molecule has 278 valence electrons. The second kappa shape index (κ2) is 13.1. The van der Waals surface area contributed by atoms with Crippen LogP contribution in [0.5, 0.6) is 6.01 Å². The van der Waals surface area contributed by atoms with Gasteiger partial charge in [0.1, 0.15) is 41.0 Å². The van der Waals surface area contributed by atoms with Crippen LogP contribution in [0.1, 0.15) is 56.9 Å². The van der Waals surface area contributed by atoms with Gasteiger partial charge in [-0.15, -0.1) is 11.3 Å². The van der Waals surface area contributed by atoms with E-state index in [9.17, 15) is 14.4 Å². The minimum absolute atomic E-state index is 0.00508. The van der Waals surface area contributed by atoms with E-state index in [0.717, 1.165) is 56.4 Å². The normalized spacial score (nSPS) is 25.3. The van der Waals surface area contributed by atoms with E-state index in [-0.39, 0.29) is 72.4 Å². The Morgan fingerprint density at radius 2 is 2.00 bits per heavy atom. The molecule has 15 heteroatoms. The van der Waals surface area contributed by atoms with Gasteiger partial charge in [0.05, 0.1) is 33.3 Å². The number of alkyl halides is 1. The van der Waals surface area contributed by atoms with E-state index >= 15 is 8.78 Å². The molecular weight excluding hydrogens is 727 g/mol. The number of carbonyl (C=O) groups excluding carboxylic acids is 1. The number of hydrogen-bond donors (Lipinski definition) is 1. The first-order chi connectivity index (χ1) is 25.6. The Balaban J connectivity index is 1.13. The zero-order valence-electron chi connectivity index (χ0n) is 29.1. The van der Waals surface area contributed by atoms with Crippen molar-refractivity contribution in [3.05, 3.63) is 40.4 Å². The number of aromatic nitrogens is 2. The van der Waals surface area contributed by atoms with Crippen LogP contribution in [-0.2, 0) is 9.53 Å². The Morgan fingerprint density at radius 1 is 1.17 bits per heavy atom. The molecule has 5 fully saturated rings. The third-order valence-corrected chi connectivity index (χ3v) is 13.4. The number of anilines is 2. The Hall–Kier alpha value is -3.90. The summed E-state index contributed by atoms with van der Waals surface area (Å²) in [7, 11) is 0. The van der Waals surface area contributed by atoms with Crippen LogP contribution in [0, 0.1) is 28.4 Å². The number of rotatable bonds is 7. The zero-order valence-corrected chi connectivity index (χ0v) is 30.7. The minimum atomic E-state index is -0.949.